The van der Waals surface area contributed by atoms with Crippen molar-refractivity contribution in [2.45, 2.75) is 13.1 Å². The predicted molar refractivity (Wildman–Crippen MR) is 64.4 cm³/mol. The van der Waals surface area contributed by atoms with Crippen LogP contribution in [0.3, 0.4) is 0 Å². The van der Waals surface area contributed by atoms with Crippen LogP contribution >= 0.6 is 12.4 Å². The van der Waals surface area contributed by atoms with Gasteiger partial charge in [-0.2, -0.15) is 0 Å². The van der Waals surface area contributed by atoms with Crippen LogP contribution in [0.15, 0.2) is 24.3 Å². The Morgan fingerprint density at radius 2 is 2.18 bits per heavy atom. The van der Waals surface area contributed by atoms with E-state index in [1.165, 1.54) is 12.1 Å². The molecule has 1 aliphatic heterocycles. The van der Waals surface area contributed by atoms with E-state index in [0.29, 0.717) is 0 Å². The molecule has 0 fully saturated rings. The number of benzene rings is 1. The second-order valence-electron chi connectivity index (χ2n) is 3.78. The van der Waals surface area contributed by atoms with E-state index in [1.54, 1.807) is 6.07 Å². The summed E-state index contributed by atoms with van der Waals surface area (Å²) in [5.41, 5.74) is 0.778. The van der Waals surface area contributed by atoms with Crippen molar-refractivity contribution in [3.8, 4) is 11.4 Å². The number of nitrogens with zero attached hydrogens (tertiary/aromatic N) is 3. The molecular formula is C11H12ClFN4. The molecule has 0 bridgehead atoms. The molecule has 0 spiro atoms. The summed E-state index contributed by atoms with van der Waals surface area (Å²) in [6, 6.07) is 6.45. The Balaban J connectivity index is 0.00000108. The third-order valence-electron chi connectivity index (χ3n) is 2.71. The van der Waals surface area contributed by atoms with Crippen molar-refractivity contribution in [3.05, 3.63) is 35.9 Å². The second-order valence-corrected chi connectivity index (χ2v) is 3.78. The molecule has 1 aromatic carbocycles. The van der Waals surface area contributed by atoms with Gasteiger partial charge in [-0.1, -0.05) is 12.1 Å². The molecule has 1 N–H and O–H groups in total. The van der Waals surface area contributed by atoms with Crippen LogP contribution in [0, 0.1) is 5.82 Å². The Bertz CT molecular complexity index is 526. The van der Waals surface area contributed by atoms with Gasteiger partial charge in [0, 0.05) is 18.7 Å². The maximum atomic E-state index is 13.1. The fourth-order valence-electron chi connectivity index (χ4n) is 1.93. The number of rotatable bonds is 1. The number of nitrogens with one attached hydrogen (secondary N) is 1. The molecule has 0 saturated heterocycles. The Hall–Kier alpha value is -1.46. The van der Waals surface area contributed by atoms with E-state index in [4.69, 9.17) is 0 Å². The van der Waals surface area contributed by atoms with E-state index in [1.807, 2.05) is 10.6 Å². The van der Waals surface area contributed by atoms with Gasteiger partial charge in [0.2, 0.25) is 0 Å². The van der Waals surface area contributed by atoms with E-state index < -0.39 is 0 Å². The maximum absolute atomic E-state index is 13.1. The van der Waals surface area contributed by atoms with E-state index in [9.17, 15) is 4.39 Å². The molecule has 6 heteroatoms. The first-order valence-electron chi connectivity index (χ1n) is 5.23. The monoisotopic (exact) mass is 254 g/mol. The SMILES string of the molecule is Cl.Fc1cccc(-c2nnc3n2CCNC3)c1. The summed E-state index contributed by atoms with van der Waals surface area (Å²) in [6.07, 6.45) is 0. The van der Waals surface area contributed by atoms with E-state index in [0.717, 1.165) is 36.8 Å². The summed E-state index contributed by atoms with van der Waals surface area (Å²) in [4.78, 5) is 0. The largest absolute Gasteiger partial charge is 0.309 e. The number of halogens is 2. The highest BCUT2D eigenvalue weighted by atomic mass is 35.5. The summed E-state index contributed by atoms with van der Waals surface area (Å²) in [7, 11) is 0. The summed E-state index contributed by atoms with van der Waals surface area (Å²) in [5.74, 6) is 1.41. The zero-order valence-electron chi connectivity index (χ0n) is 9.06. The van der Waals surface area contributed by atoms with Crippen LogP contribution in [-0.2, 0) is 13.1 Å². The van der Waals surface area contributed by atoms with Gasteiger partial charge in [-0.15, -0.1) is 22.6 Å². The van der Waals surface area contributed by atoms with Crippen molar-refractivity contribution in [1.29, 1.82) is 0 Å². The molecule has 90 valence electrons. The lowest BCUT2D eigenvalue weighted by Gasteiger charge is -2.15. The van der Waals surface area contributed by atoms with Gasteiger partial charge < -0.3 is 9.88 Å². The zero-order chi connectivity index (χ0) is 11.0. The third kappa shape index (κ3) is 2.16. The third-order valence-corrected chi connectivity index (χ3v) is 2.71. The first kappa shape index (κ1) is 12.0. The molecule has 1 aromatic heterocycles. The Kier molecular flexibility index (Phi) is 3.40. The van der Waals surface area contributed by atoms with Crippen molar-refractivity contribution in [1.82, 2.24) is 20.1 Å². The molecule has 2 heterocycles. The number of fused-ring (bicyclic) bond motifs is 1. The van der Waals surface area contributed by atoms with Crippen molar-refractivity contribution >= 4 is 12.4 Å². The van der Waals surface area contributed by atoms with Crippen LogP contribution < -0.4 is 5.32 Å². The number of aromatic nitrogens is 3. The maximum Gasteiger partial charge on any atom is 0.164 e. The van der Waals surface area contributed by atoms with E-state index >= 15 is 0 Å². The highest BCUT2D eigenvalue weighted by molar-refractivity contribution is 5.85. The molecule has 17 heavy (non-hydrogen) atoms. The minimum absolute atomic E-state index is 0. The minimum Gasteiger partial charge on any atom is -0.309 e. The predicted octanol–water partition coefficient (Wildman–Crippen LogP) is 1.61. The average Bonchev–Trinajstić information content (AvgIpc) is 2.72. The molecule has 0 aliphatic carbocycles. The van der Waals surface area contributed by atoms with Gasteiger partial charge in [0.1, 0.15) is 11.6 Å². The molecule has 0 amide bonds. The molecule has 1 aliphatic rings. The van der Waals surface area contributed by atoms with Gasteiger partial charge in [-0.05, 0) is 12.1 Å². The summed E-state index contributed by atoms with van der Waals surface area (Å²) in [6.45, 7) is 2.45. The lowest BCUT2D eigenvalue weighted by Crippen LogP contribution is -2.28. The van der Waals surface area contributed by atoms with Crippen molar-refractivity contribution in [2.75, 3.05) is 6.54 Å². The van der Waals surface area contributed by atoms with E-state index in [2.05, 4.69) is 15.5 Å². The zero-order valence-corrected chi connectivity index (χ0v) is 9.88. The second kappa shape index (κ2) is 4.81. The van der Waals surface area contributed by atoms with E-state index in [-0.39, 0.29) is 18.2 Å². The van der Waals surface area contributed by atoms with Gasteiger partial charge in [-0.3, -0.25) is 0 Å². The molecule has 3 rings (SSSR count). The van der Waals surface area contributed by atoms with Crippen LogP contribution in [0.5, 0.6) is 0 Å². The van der Waals surface area contributed by atoms with Crippen LogP contribution in [0.4, 0.5) is 4.39 Å². The smallest absolute Gasteiger partial charge is 0.164 e. The fraction of sp³-hybridized carbons (Fsp3) is 0.273. The van der Waals surface area contributed by atoms with Gasteiger partial charge >= 0.3 is 0 Å². The summed E-state index contributed by atoms with van der Waals surface area (Å²) < 4.78 is 15.2. The Labute approximate surface area is 104 Å². The molecular weight excluding hydrogens is 243 g/mol. The molecule has 2 aromatic rings. The molecule has 0 radical (unpaired) electrons. The van der Waals surface area contributed by atoms with Gasteiger partial charge in [0.25, 0.3) is 0 Å². The Morgan fingerprint density at radius 3 is 3.00 bits per heavy atom. The van der Waals surface area contributed by atoms with Gasteiger partial charge in [0.05, 0.1) is 6.54 Å². The van der Waals surface area contributed by atoms with Gasteiger partial charge in [-0.25, -0.2) is 4.39 Å². The molecule has 4 nitrogen and oxygen atoms in total. The fourth-order valence-corrected chi connectivity index (χ4v) is 1.93. The first-order chi connectivity index (χ1) is 7.84. The van der Waals surface area contributed by atoms with Crippen molar-refractivity contribution < 1.29 is 4.39 Å². The normalized spacial score (nSPS) is 13.9. The van der Waals surface area contributed by atoms with Crippen LogP contribution in [0.25, 0.3) is 11.4 Å². The molecule has 0 saturated carbocycles. The van der Waals surface area contributed by atoms with Crippen LogP contribution in [-0.4, -0.2) is 21.3 Å². The molecule has 0 unspecified atom stereocenters. The summed E-state index contributed by atoms with van der Waals surface area (Å²) >= 11 is 0. The first-order valence-corrected chi connectivity index (χ1v) is 5.23. The van der Waals surface area contributed by atoms with Crippen LogP contribution in [0.1, 0.15) is 5.82 Å². The summed E-state index contributed by atoms with van der Waals surface area (Å²) in [5, 5.41) is 11.4. The Morgan fingerprint density at radius 1 is 1.29 bits per heavy atom. The van der Waals surface area contributed by atoms with Gasteiger partial charge in [0.15, 0.2) is 5.82 Å². The quantitative estimate of drug-likeness (QED) is 0.841. The lowest BCUT2D eigenvalue weighted by molar-refractivity contribution is 0.508. The van der Waals surface area contributed by atoms with Crippen molar-refractivity contribution in [3.63, 3.8) is 0 Å². The topological polar surface area (TPSA) is 42.7 Å². The highest BCUT2D eigenvalue weighted by Crippen LogP contribution is 2.20. The standard InChI is InChI=1S/C11H11FN4.ClH/c12-9-3-1-2-8(6-9)11-15-14-10-7-13-4-5-16(10)11;/h1-3,6,13H,4-5,7H2;1H. The highest BCUT2D eigenvalue weighted by Gasteiger charge is 2.16. The average molecular weight is 255 g/mol. The van der Waals surface area contributed by atoms with Crippen LogP contribution in [0.2, 0.25) is 0 Å². The molecule has 0 atom stereocenters. The minimum atomic E-state index is -0.246. The lowest BCUT2D eigenvalue weighted by atomic mass is 10.2. The number of hydrogen-bond donors (Lipinski definition) is 1. The number of hydrogen-bond acceptors (Lipinski definition) is 3. The van der Waals surface area contributed by atoms with Crippen molar-refractivity contribution in [2.24, 2.45) is 0 Å².